The molecule has 1 unspecified atom stereocenters. The lowest BCUT2D eigenvalue weighted by Gasteiger charge is -2.14. The number of allylic oxidation sites excluding steroid dienone is 2. The van der Waals surface area contributed by atoms with E-state index in [2.05, 4.69) is 32.7 Å². The molecule has 0 aliphatic heterocycles. The maximum absolute atomic E-state index is 4.79. The number of rotatable bonds is 2. The van der Waals surface area contributed by atoms with Crippen molar-refractivity contribution in [3.8, 4) is 5.69 Å². The van der Waals surface area contributed by atoms with E-state index >= 15 is 0 Å². The van der Waals surface area contributed by atoms with Crippen molar-refractivity contribution in [3.05, 3.63) is 42.5 Å². The first-order valence-corrected chi connectivity index (χ1v) is 7.28. The first kappa shape index (κ1) is 11.2. The molecule has 1 aromatic carbocycles. The van der Waals surface area contributed by atoms with Gasteiger partial charge >= 0.3 is 0 Å². The largest absolute Gasteiger partial charge is 0.342 e. The summed E-state index contributed by atoms with van der Waals surface area (Å²) in [6, 6.07) is 6.06. The third-order valence-electron chi connectivity index (χ3n) is 4.73. The molecule has 5 rings (SSSR count). The Hall–Kier alpha value is -2.50. The van der Waals surface area contributed by atoms with Crippen molar-refractivity contribution in [1.82, 2.24) is 30.2 Å². The van der Waals surface area contributed by atoms with Crippen LogP contribution in [0.1, 0.15) is 24.6 Å². The van der Waals surface area contributed by atoms with Gasteiger partial charge in [-0.1, -0.05) is 12.2 Å². The van der Waals surface area contributed by atoms with Crippen LogP contribution >= 0.6 is 0 Å². The van der Waals surface area contributed by atoms with Gasteiger partial charge in [0.25, 0.3) is 0 Å². The number of fused-ring (bicyclic) bond motifs is 3. The van der Waals surface area contributed by atoms with Crippen LogP contribution in [0.4, 0.5) is 0 Å². The van der Waals surface area contributed by atoms with Gasteiger partial charge in [-0.3, -0.25) is 0 Å². The molecule has 2 aliphatic rings. The van der Waals surface area contributed by atoms with E-state index in [1.165, 1.54) is 12.8 Å². The molecule has 2 aromatic heterocycles. The van der Waals surface area contributed by atoms with Gasteiger partial charge in [0.2, 0.25) is 0 Å². The molecular weight excluding hydrogens is 264 g/mol. The van der Waals surface area contributed by atoms with Gasteiger partial charge < -0.3 is 4.98 Å². The predicted molar refractivity (Wildman–Crippen MR) is 76.9 cm³/mol. The van der Waals surface area contributed by atoms with Crippen LogP contribution in [0.25, 0.3) is 16.7 Å². The van der Waals surface area contributed by atoms with Crippen molar-refractivity contribution < 1.29 is 0 Å². The maximum atomic E-state index is 4.79. The van der Waals surface area contributed by atoms with Gasteiger partial charge in [-0.25, -0.2) is 9.67 Å². The number of aromatic nitrogens is 6. The van der Waals surface area contributed by atoms with Crippen LogP contribution in [0, 0.1) is 11.8 Å². The molecule has 0 saturated heterocycles. The number of benzene rings is 1. The standard InChI is InChI=1S/C15H14N6/c1-2-10-5-9(1)6-12(10)15-17-13-4-3-11(7-14(13)18-15)21-8-16-19-20-21/h1-4,7-10,12H,5-6H2,(H,17,18)/t9-,10+,12?/m1/s1. The van der Waals surface area contributed by atoms with Crippen LogP contribution in [-0.2, 0) is 0 Å². The summed E-state index contributed by atoms with van der Waals surface area (Å²) in [4.78, 5) is 8.28. The van der Waals surface area contributed by atoms with Crippen molar-refractivity contribution in [1.29, 1.82) is 0 Å². The first-order chi connectivity index (χ1) is 10.4. The Morgan fingerprint density at radius 1 is 1.19 bits per heavy atom. The van der Waals surface area contributed by atoms with Gasteiger partial charge in [0.15, 0.2) is 0 Å². The fourth-order valence-electron chi connectivity index (χ4n) is 3.71. The summed E-state index contributed by atoms with van der Waals surface area (Å²) in [6.07, 6.45) is 8.83. The lowest BCUT2D eigenvalue weighted by atomic mass is 9.93. The zero-order valence-corrected chi connectivity index (χ0v) is 11.3. The van der Waals surface area contributed by atoms with Crippen LogP contribution in [0.3, 0.4) is 0 Å². The Morgan fingerprint density at radius 3 is 2.95 bits per heavy atom. The molecule has 2 aliphatic carbocycles. The Morgan fingerprint density at radius 2 is 2.19 bits per heavy atom. The summed E-state index contributed by atoms with van der Waals surface area (Å²) in [7, 11) is 0. The number of nitrogens with one attached hydrogen (secondary N) is 1. The smallest absolute Gasteiger partial charge is 0.143 e. The van der Waals surface area contributed by atoms with Gasteiger partial charge in [-0.2, -0.15) is 0 Å². The topological polar surface area (TPSA) is 72.3 Å². The molecule has 1 N–H and O–H groups in total. The first-order valence-electron chi connectivity index (χ1n) is 7.28. The molecule has 21 heavy (non-hydrogen) atoms. The van der Waals surface area contributed by atoms with Crippen LogP contribution < -0.4 is 0 Å². The van der Waals surface area contributed by atoms with E-state index in [-0.39, 0.29) is 0 Å². The van der Waals surface area contributed by atoms with Crippen LogP contribution in [0.5, 0.6) is 0 Å². The number of hydrogen-bond donors (Lipinski definition) is 1. The number of imidazole rings is 1. The molecule has 2 bridgehead atoms. The fraction of sp³-hybridized carbons (Fsp3) is 0.333. The maximum Gasteiger partial charge on any atom is 0.143 e. The number of hydrogen-bond acceptors (Lipinski definition) is 4. The van der Waals surface area contributed by atoms with Gasteiger partial charge in [0.05, 0.1) is 16.7 Å². The molecule has 3 atom stereocenters. The van der Waals surface area contributed by atoms with Crippen molar-refractivity contribution in [2.24, 2.45) is 11.8 Å². The fourth-order valence-corrected chi connectivity index (χ4v) is 3.71. The second-order valence-electron chi connectivity index (χ2n) is 5.96. The van der Waals surface area contributed by atoms with Crippen LogP contribution in [-0.4, -0.2) is 30.2 Å². The van der Waals surface area contributed by atoms with E-state index in [1.54, 1.807) is 11.0 Å². The molecule has 0 radical (unpaired) electrons. The Labute approximate surface area is 120 Å². The van der Waals surface area contributed by atoms with Gasteiger partial charge in [0, 0.05) is 5.92 Å². The summed E-state index contributed by atoms with van der Waals surface area (Å²) in [5, 5.41) is 11.3. The van der Waals surface area contributed by atoms with E-state index in [9.17, 15) is 0 Å². The Balaban J connectivity index is 1.57. The van der Waals surface area contributed by atoms with Crippen molar-refractivity contribution >= 4 is 11.0 Å². The molecule has 0 amide bonds. The van der Waals surface area contributed by atoms with E-state index < -0.39 is 0 Å². The second-order valence-corrected chi connectivity index (χ2v) is 5.96. The molecule has 6 heteroatoms. The highest BCUT2D eigenvalue weighted by molar-refractivity contribution is 5.77. The quantitative estimate of drug-likeness (QED) is 0.729. The normalized spacial score (nSPS) is 27.0. The minimum atomic E-state index is 0.545. The number of aromatic amines is 1. The highest BCUT2D eigenvalue weighted by Gasteiger charge is 2.38. The highest BCUT2D eigenvalue weighted by atomic mass is 15.5. The predicted octanol–water partition coefficient (Wildman–Crippen LogP) is 2.22. The monoisotopic (exact) mass is 278 g/mol. The van der Waals surface area contributed by atoms with Gasteiger partial charge in [-0.05, 0) is 53.3 Å². The van der Waals surface area contributed by atoms with Crippen LogP contribution in [0.2, 0.25) is 0 Å². The average Bonchev–Trinajstić information content (AvgIpc) is 3.26. The van der Waals surface area contributed by atoms with Crippen molar-refractivity contribution in [2.45, 2.75) is 18.8 Å². The van der Waals surface area contributed by atoms with E-state index in [0.717, 1.165) is 28.5 Å². The molecule has 0 spiro atoms. The van der Waals surface area contributed by atoms with Crippen molar-refractivity contribution in [3.63, 3.8) is 0 Å². The summed E-state index contributed by atoms with van der Waals surface area (Å²) >= 11 is 0. The van der Waals surface area contributed by atoms with Gasteiger partial charge in [0.1, 0.15) is 12.2 Å². The Kier molecular flexibility index (Phi) is 2.13. The minimum absolute atomic E-state index is 0.545. The number of H-pyrrole nitrogens is 1. The molecule has 1 saturated carbocycles. The second kappa shape index (κ2) is 4.00. The zero-order valence-electron chi connectivity index (χ0n) is 11.3. The van der Waals surface area contributed by atoms with Crippen LogP contribution in [0.15, 0.2) is 36.7 Å². The summed E-state index contributed by atoms with van der Waals surface area (Å²) in [5.74, 6) is 3.08. The molecule has 1 fully saturated rings. The molecule has 2 heterocycles. The van der Waals surface area contributed by atoms with E-state index in [0.29, 0.717) is 11.8 Å². The highest BCUT2D eigenvalue weighted by Crippen LogP contribution is 2.48. The van der Waals surface area contributed by atoms with Crippen molar-refractivity contribution in [2.75, 3.05) is 0 Å². The molecule has 104 valence electrons. The minimum Gasteiger partial charge on any atom is -0.342 e. The van der Waals surface area contributed by atoms with E-state index in [1.807, 2.05) is 18.2 Å². The lowest BCUT2D eigenvalue weighted by Crippen LogP contribution is -2.06. The Bertz CT molecular complexity index is 831. The van der Waals surface area contributed by atoms with E-state index in [4.69, 9.17) is 4.98 Å². The summed E-state index contributed by atoms with van der Waals surface area (Å²) in [5.41, 5.74) is 2.99. The zero-order chi connectivity index (χ0) is 13.8. The molecule has 3 aromatic rings. The number of nitrogens with zero attached hydrogens (tertiary/aromatic N) is 5. The summed E-state index contributed by atoms with van der Waals surface area (Å²) < 4.78 is 1.65. The third kappa shape index (κ3) is 1.65. The molecular formula is C15H14N6. The summed E-state index contributed by atoms with van der Waals surface area (Å²) in [6.45, 7) is 0. The SMILES string of the molecule is C1=C[C@H]2C[C@@H]1CC2c1nc2ccc(-n3cnnn3)cc2[nH]1. The lowest BCUT2D eigenvalue weighted by molar-refractivity contribution is 0.559. The molecule has 6 nitrogen and oxygen atoms in total. The average molecular weight is 278 g/mol. The number of tetrazole rings is 1. The van der Waals surface area contributed by atoms with Gasteiger partial charge in [-0.15, -0.1) is 5.10 Å². The third-order valence-corrected chi connectivity index (χ3v) is 4.73.